The van der Waals surface area contributed by atoms with E-state index in [0.29, 0.717) is 5.92 Å². The van der Waals surface area contributed by atoms with Crippen molar-refractivity contribution in [2.75, 3.05) is 20.2 Å². The van der Waals surface area contributed by atoms with Crippen molar-refractivity contribution < 1.29 is 4.74 Å². The van der Waals surface area contributed by atoms with Crippen molar-refractivity contribution in [1.82, 2.24) is 10.3 Å². The molecule has 0 saturated carbocycles. The Labute approximate surface area is 89.2 Å². The van der Waals surface area contributed by atoms with E-state index < -0.39 is 0 Å². The van der Waals surface area contributed by atoms with Gasteiger partial charge >= 0.3 is 0 Å². The maximum absolute atomic E-state index is 5.18. The van der Waals surface area contributed by atoms with Gasteiger partial charge in [0, 0.05) is 25.2 Å². The molecule has 0 amide bonds. The van der Waals surface area contributed by atoms with Gasteiger partial charge in [-0.1, -0.05) is 6.08 Å². The number of methoxy groups -OCH3 is 1. The van der Waals surface area contributed by atoms with E-state index >= 15 is 0 Å². The fraction of sp³-hybridized carbons (Fsp3) is 0.417. The summed E-state index contributed by atoms with van der Waals surface area (Å²) >= 11 is 0. The highest BCUT2D eigenvalue weighted by atomic mass is 16.5. The predicted molar refractivity (Wildman–Crippen MR) is 58.6 cm³/mol. The van der Waals surface area contributed by atoms with Gasteiger partial charge in [-0.2, -0.15) is 0 Å². The van der Waals surface area contributed by atoms with E-state index in [2.05, 4.69) is 22.4 Å². The van der Waals surface area contributed by atoms with Gasteiger partial charge in [-0.3, -0.25) is 4.98 Å². The minimum atomic E-state index is 0.693. The topological polar surface area (TPSA) is 34.1 Å². The molecule has 1 aromatic heterocycles. The third-order valence-electron chi connectivity index (χ3n) is 3.34. The first-order chi connectivity index (χ1) is 7.38. The van der Waals surface area contributed by atoms with Crippen LogP contribution in [0.3, 0.4) is 0 Å². The quantitative estimate of drug-likeness (QED) is 0.785. The van der Waals surface area contributed by atoms with Gasteiger partial charge in [0.15, 0.2) is 0 Å². The summed E-state index contributed by atoms with van der Waals surface area (Å²) in [6.07, 6.45) is 6.01. The molecule has 3 nitrogen and oxygen atoms in total. The van der Waals surface area contributed by atoms with Crippen molar-refractivity contribution in [2.45, 2.75) is 0 Å². The van der Waals surface area contributed by atoms with Crippen LogP contribution in [0.2, 0.25) is 0 Å². The van der Waals surface area contributed by atoms with E-state index in [1.807, 2.05) is 6.20 Å². The summed E-state index contributed by atoms with van der Waals surface area (Å²) in [5, 5.41) is 3.41. The number of ether oxygens (including phenoxy) is 1. The van der Waals surface area contributed by atoms with Crippen LogP contribution in [0.25, 0.3) is 5.57 Å². The zero-order valence-electron chi connectivity index (χ0n) is 8.73. The average Bonchev–Trinajstić information content (AvgIpc) is 2.61. The molecule has 3 rings (SSSR count). The van der Waals surface area contributed by atoms with E-state index in [1.165, 1.54) is 11.1 Å². The molecular formula is C12H14N2O. The highest BCUT2D eigenvalue weighted by Gasteiger charge is 2.36. The van der Waals surface area contributed by atoms with Crippen LogP contribution in [-0.2, 0) is 0 Å². The molecule has 0 radical (unpaired) electrons. The second-order valence-corrected chi connectivity index (χ2v) is 4.16. The lowest BCUT2D eigenvalue weighted by Gasteiger charge is -2.29. The summed E-state index contributed by atoms with van der Waals surface area (Å²) in [6.45, 7) is 2.24. The molecule has 78 valence electrons. The fourth-order valence-corrected chi connectivity index (χ4v) is 2.45. The molecule has 1 N–H and O–H groups in total. The van der Waals surface area contributed by atoms with Gasteiger partial charge in [0.05, 0.1) is 13.3 Å². The minimum Gasteiger partial charge on any atom is -0.495 e. The lowest BCUT2D eigenvalue weighted by Crippen LogP contribution is -2.22. The van der Waals surface area contributed by atoms with Crippen molar-refractivity contribution in [3.05, 3.63) is 30.1 Å². The lowest BCUT2D eigenvalue weighted by molar-refractivity contribution is 0.412. The predicted octanol–water partition coefficient (Wildman–Crippen LogP) is 1.32. The van der Waals surface area contributed by atoms with Crippen molar-refractivity contribution in [1.29, 1.82) is 0 Å². The van der Waals surface area contributed by atoms with Crippen molar-refractivity contribution in [2.24, 2.45) is 11.8 Å². The lowest BCUT2D eigenvalue weighted by atomic mass is 9.74. The third-order valence-corrected chi connectivity index (χ3v) is 3.34. The van der Waals surface area contributed by atoms with Crippen LogP contribution in [0.1, 0.15) is 5.56 Å². The van der Waals surface area contributed by atoms with Gasteiger partial charge in [0.25, 0.3) is 0 Å². The zero-order chi connectivity index (χ0) is 10.3. The number of hydrogen-bond acceptors (Lipinski definition) is 3. The highest BCUT2D eigenvalue weighted by Crippen LogP contribution is 2.42. The maximum Gasteiger partial charge on any atom is 0.137 e. The van der Waals surface area contributed by atoms with Crippen LogP contribution < -0.4 is 10.1 Å². The van der Waals surface area contributed by atoms with E-state index in [1.54, 1.807) is 13.3 Å². The molecule has 1 saturated heterocycles. The first-order valence-corrected chi connectivity index (χ1v) is 5.30. The van der Waals surface area contributed by atoms with Crippen molar-refractivity contribution in [3.8, 4) is 5.75 Å². The molecule has 0 aromatic carbocycles. The number of rotatable bonds is 2. The molecule has 0 unspecified atom stereocenters. The standard InChI is InChI=1S/C12H14N2O/c1-15-10-2-8(4-13-6-10)11-3-9-5-14-7-12(9)11/h2-4,6,9,12,14H,5,7H2,1H3/t9-,12+/m0/s1. The molecule has 1 aromatic rings. The largest absolute Gasteiger partial charge is 0.495 e. The van der Waals surface area contributed by atoms with Crippen molar-refractivity contribution in [3.63, 3.8) is 0 Å². The van der Waals surface area contributed by atoms with Gasteiger partial charge in [0.2, 0.25) is 0 Å². The first-order valence-electron chi connectivity index (χ1n) is 5.30. The van der Waals surface area contributed by atoms with Gasteiger partial charge in [-0.25, -0.2) is 0 Å². The van der Waals surface area contributed by atoms with Gasteiger partial charge in [-0.05, 0) is 23.1 Å². The second-order valence-electron chi connectivity index (χ2n) is 4.16. The molecular weight excluding hydrogens is 188 g/mol. The summed E-state index contributed by atoms with van der Waals surface area (Å²) in [6, 6.07) is 2.06. The summed E-state index contributed by atoms with van der Waals surface area (Å²) in [7, 11) is 1.68. The molecule has 0 bridgehead atoms. The number of pyridine rings is 1. The van der Waals surface area contributed by atoms with E-state index in [9.17, 15) is 0 Å². The molecule has 2 aliphatic rings. The summed E-state index contributed by atoms with van der Waals surface area (Å²) in [5.41, 5.74) is 2.63. The van der Waals surface area contributed by atoms with Crippen LogP contribution in [0.15, 0.2) is 24.5 Å². The number of fused-ring (bicyclic) bond motifs is 1. The fourth-order valence-electron chi connectivity index (χ4n) is 2.45. The number of aromatic nitrogens is 1. The molecule has 2 atom stereocenters. The maximum atomic E-state index is 5.18. The Balaban J connectivity index is 1.90. The molecule has 1 aliphatic heterocycles. The number of hydrogen-bond donors (Lipinski definition) is 1. The normalized spacial score (nSPS) is 27.9. The van der Waals surface area contributed by atoms with Crippen molar-refractivity contribution >= 4 is 5.57 Å². The molecule has 1 aliphatic carbocycles. The summed E-state index contributed by atoms with van der Waals surface area (Å²) in [5.74, 6) is 2.27. The zero-order valence-corrected chi connectivity index (χ0v) is 8.73. The highest BCUT2D eigenvalue weighted by molar-refractivity contribution is 5.74. The average molecular weight is 202 g/mol. The van der Waals surface area contributed by atoms with Gasteiger partial charge in [0.1, 0.15) is 5.75 Å². The molecule has 0 spiro atoms. The van der Waals surface area contributed by atoms with Gasteiger partial charge in [-0.15, -0.1) is 0 Å². The van der Waals surface area contributed by atoms with Crippen LogP contribution in [0, 0.1) is 11.8 Å². The van der Waals surface area contributed by atoms with Crippen LogP contribution in [-0.4, -0.2) is 25.2 Å². The summed E-state index contributed by atoms with van der Waals surface area (Å²) in [4.78, 5) is 4.19. The molecule has 1 fully saturated rings. The Morgan fingerprint density at radius 3 is 3.13 bits per heavy atom. The number of nitrogens with zero attached hydrogens (tertiary/aromatic N) is 1. The monoisotopic (exact) mass is 202 g/mol. The minimum absolute atomic E-state index is 0.693. The molecule has 3 heteroatoms. The Kier molecular flexibility index (Phi) is 1.99. The molecule has 2 heterocycles. The van der Waals surface area contributed by atoms with E-state index in [4.69, 9.17) is 4.74 Å². The summed E-state index contributed by atoms with van der Waals surface area (Å²) < 4.78 is 5.18. The Morgan fingerprint density at radius 2 is 2.33 bits per heavy atom. The second kappa shape index (κ2) is 3.35. The Bertz CT molecular complexity index is 414. The first kappa shape index (κ1) is 8.92. The Hall–Kier alpha value is -1.35. The van der Waals surface area contributed by atoms with Crippen LogP contribution >= 0.6 is 0 Å². The Morgan fingerprint density at radius 1 is 1.40 bits per heavy atom. The van der Waals surface area contributed by atoms with Crippen LogP contribution in [0.5, 0.6) is 5.75 Å². The SMILES string of the molecule is COc1cncc(C2=C[C@H]3CNC[C@@H]23)c1. The van der Waals surface area contributed by atoms with E-state index in [0.717, 1.165) is 24.8 Å². The molecule has 15 heavy (non-hydrogen) atoms. The van der Waals surface area contributed by atoms with Crippen LogP contribution in [0.4, 0.5) is 0 Å². The number of nitrogens with one attached hydrogen (secondary N) is 1. The third kappa shape index (κ3) is 1.35. The van der Waals surface area contributed by atoms with Gasteiger partial charge < -0.3 is 10.1 Å². The van der Waals surface area contributed by atoms with E-state index in [-0.39, 0.29) is 0 Å². The smallest absolute Gasteiger partial charge is 0.137 e.